The summed E-state index contributed by atoms with van der Waals surface area (Å²) < 4.78 is 6.57. The quantitative estimate of drug-likeness (QED) is 0.796. The van der Waals surface area contributed by atoms with E-state index in [0.717, 1.165) is 0 Å². The summed E-state index contributed by atoms with van der Waals surface area (Å²) in [5.41, 5.74) is 1.61. The van der Waals surface area contributed by atoms with Crippen LogP contribution in [0.15, 0.2) is 24.3 Å². The van der Waals surface area contributed by atoms with Crippen molar-refractivity contribution in [3.05, 3.63) is 29.8 Å². The van der Waals surface area contributed by atoms with Crippen LogP contribution >= 0.6 is 0 Å². The minimum atomic E-state index is 0.123. The standard InChI is InChI=1S/C20H29NO/c1-6-14-21(15-7-1)16-8-13-20-12-5-4-10-18(20)17-9-2-3-11-19(17)22-20/h2-3,9,11,18H,1,4-8,10,12-16H2/t18-,20+/m0/s1. The second kappa shape index (κ2) is 6.23. The van der Waals surface area contributed by atoms with Gasteiger partial charge in [0.05, 0.1) is 0 Å². The normalized spacial score (nSPS) is 31.4. The van der Waals surface area contributed by atoms with Crippen molar-refractivity contribution in [3.63, 3.8) is 0 Å². The number of ether oxygens (including phenoxy) is 1. The van der Waals surface area contributed by atoms with E-state index in [4.69, 9.17) is 4.74 Å². The summed E-state index contributed by atoms with van der Waals surface area (Å²) in [5, 5.41) is 0. The van der Waals surface area contributed by atoms with Gasteiger partial charge >= 0.3 is 0 Å². The van der Waals surface area contributed by atoms with Gasteiger partial charge in [-0.15, -0.1) is 0 Å². The van der Waals surface area contributed by atoms with Gasteiger partial charge < -0.3 is 9.64 Å². The van der Waals surface area contributed by atoms with E-state index in [0.29, 0.717) is 5.92 Å². The smallest absolute Gasteiger partial charge is 0.123 e. The molecule has 1 saturated carbocycles. The molecule has 22 heavy (non-hydrogen) atoms. The van der Waals surface area contributed by atoms with E-state index in [1.54, 1.807) is 0 Å². The Morgan fingerprint density at radius 2 is 1.91 bits per heavy atom. The summed E-state index contributed by atoms with van der Waals surface area (Å²) in [7, 11) is 0. The zero-order valence-corrected chi connectivity index (χ0v) is 13.7. The second-order valence-corrected chi connectivity index (χ2v) is 7.51. The van der Waals surface area contributed by atoms with Gasteiger partial charge in [0.2, 0.25) is 0 Å². The summed E-state index contributed by atoms with van der Waals surface area (Å²) >= 11 is 0. The van der Waals surface area contributed by atoms with Crippen LogP contribution in [0.5, 0.6) is 5.75 Å². The second-order valence-electron chi connectivity index (χ2n) is 7.51. The van der Waals surface area contributed by atoms with Crippen molar-refractivity contribution in [3.8, 4) is 5.75 Å². The van der Waals surface area contributed by atoms with Crippen molar-refractivity contribution in [1.29, 1.82) is 0 Å². The maximum atomic E-state index is 6.57. The van der Waals surface area contributed by atoms with Crippen LogP contribution in [0.25, 0.3) is 0 Å². The molecule has 2 heteroatoms. The fraction of sp³-hybridized carbons (Fsp3) is 0.700. The topological polar surface area (TPSA) is 12.5 Å². The third-order valence-electron chi connectivity index (χ3n) is 6.11. The Hall–Kier alpha value is -1.02. The highest BCUT2D eigenvalue weighted by molar-refractivity contribution is 5.43. The highest BCUT2D eigenvalue weighted by atomic mass is 16.5. The summed E-state index contributed by atoms with van der Waals surface area (Å²) in [5.74, 6) is 1.83. The molecule has 2 aliphatic heterocycles. The van der Waals surface area contributed by atoms with Crippen molar-refractivity contribution in [2.45, 2.75) is 69.3 Å². The van der Waals surface area contributed by atoms with Crippen molar-refractivity contribution in [2.24, 2.45) is 0 Å². The summed E-state index contributed by atoms with van der Waals surface area (Å²) in [6, 6.07) is 8.79. The summed E-state index contributed by atoms with van der Waals surface area (Å²) in [6.07, 6.45) is 12.1. The molecular formula is C20H29NO. The molecule has 1 aromatic carbocycles. The van der Waals surface area contributed by atoms with Gasteiger partial charge in [-0.3, -0.25) is 0 Å². The van der Waals surface area contributed by atoms with Crippen molar-refractivity contribution in [2.75, 3.05) is 19.6 Å². The van der Waals surface area contributed by atoms with E-state index in [9.17, 15) is 0 Å². The molecule has 0 unspecified atom stereocenters. The van der Waals surface area contributed by atoms with E-state index in [2.05, 4.69) is 29.2 Å². The lowest BCUT2D eigenvalue weighted by atomic mass is 9.71. The van der Waals surface area contributed by atoms with Crippen LogP contribution in [0.2, 0.25) is 0 Å². The Bertz CT molecular complexity index is 508. The Morgan fingerprint density at radius 3 is 2.82 bits per heavy atom. The maximum Gasteiger partial charge on any atom is 0.123 e. The minimum Gasteiger partial charge on any atom is -0.486 e. The Kier molecular flexibility index (Phi) is 4.13. The van der Waals surface area contributed by atoms with E-state index in [1.165, 1.54) is 88.7 Å². The average Bonchev–Trinajstić information content (AvgIpc) is 2.90. The molecule has 0 radical (unpaired) electrons. The van der Waals surface area contributed by atoms with Crippen molar-refractivity contribution in [1.82, 2.24) is 4.90 Å². The molecule has 4 rings (SSSR count). The third kappa shape index (κ3) is 2.67. The highest BCUT2D eigenvalue weighted by Crippen LogP contribution is 2.53. The monoisotopic (exact) mass is 299 g/mol. The van der Waals surface area contributed by atoms with Crippen LogP contribution < -0.4 is 4.74 Å². The van der Waals surface area contributed by atoms with E-state index < -0.39 is 0 Å². The molecule has 0 aromatic heterocycles. The number of hydrogen-bond donors (Lipinski definition) is 0. The number of para-hydroxylation sites is 1. The molecule has 0 spiro atoms. The van der Waals surface area contributed by atoms with Crippen LogP contribution in [0.4, 0.5) is 0 Å². The molecule has 120 valence electrons. The molecule has 0 N–H and O–H groups in total. The largest absolute Gasteiger partial charge is 0.486 e. The Labute approximate surface area is 134 Å². The fourth-order valence-electron chi connectivity index (χ4n) is 4.99. The van der Waals surface area contributed by atoms with E-state index in [1.807, 2.05) is 0 Å². The highest BCUT2D eigenvalue weighted by Gasteiger charge is 2.48. The molecule has 2 fully saturated rings. The van der Waals surface area contributed by atoms with Crippen LogP contribution in [0, 0.1) is 0 Å². The SMILES string of the molecule is c1ccc2c(c1)O[C@@]1(CCCN3CCCCC3)CCCC[C@@H]21. The van der Waals surface area contributed by atoms with Crippen molar-refractivity contribution < 1.29 is 4.74 Å². The van der Waals surface area contributed by atoms with Gasteiger partial charge in [-0.25, -0.2) is 0 Å². The van der Waals surface area contributed by atoms with Gasteiger partial charge in [0.1, 0.15) is 11.4 Å². The molecule has 1 saturated heterocycles. The van der Waals surface area contributed by atoms with Crippen LogP contribution in [0.3, 0.4) is 0 Å². The van der Waals surface area contributed by atoms with Crippen LogP contribution in [-0.2, 0) is 0 Å². The van der Waals surface area contributed by atoms with Crippen molar-refractivity contribution >= 4 is 0 Å². The predicted molar refractivity (Wildman–Crippen MR) is 90.5 cm³/mol. The zero-order valence-electron chi connectivity index (χ0n) is 13.7. The lowest BCUT2D eigenvalue weighted by molar-refractivity contribution is 0.0224. The molecule has 1 aliphatic carbocycles. The third-order valence-corrected chi connectivity index (χ3v) is 6.11. The molecule has 2 nitrogen and oxygen atoms in total. The Balaban J connectivity index is 1.42. The molecule has 1 aromatic rings. The number of piperidine rings is 1. The van der Waals surface area contributed by atoms with Crippen LogP contribution in [0.1, 0.15) is 69.3 Å². The number of nitrogens with zero attached hydrogens (tertiary/aromatic N) is 1. The van der Waals surface area contributed by atoms with E-state index in [-0.39, 0.29) is 5.60 Å². The van der Waals surface area contributed by atoms with E-state index >= 15 is 0 Å². The lowest BCUT2D eigenvalue weighted by Gasteiger charge is -2.39. The van der Waals surface area contributed by atoms with Gasteiger partial charge in [0, 0.05) is 11.5 Å². The molecule has 0 amide bonds. The van der Waals surface area contributed by atoms with Gasteiger partial charge in [-0.05, 0) is 70.6 Å². The number of rotatable bonds is 4. The van der Waals surface area contributed by atoms with Gasteiger partial charge in [0.15, 0.2) is 0 Å². The Morgan fingerprint density at radius 1 is 1.05 bits per heavy atom. The molecular weight excluding hydrogens is 270 g/mol. The first-order valence-corrected chi connectivity index (χ1v) is 9.38. The van der Waals surface area contributed by atoms with Gasteiger partial charge in [-0.2, -0.15) is 0 Å². The fourth-order valence-corrected chi connectivity index (χ4v) is 4.99. The lowest BCUT2D eigenvalue weighted by Crippen LogP contribution is -2.41. The van der Waals surface area contributed by atoms with Gasteiger partial charge in [-0.1, -0.05) is 31.0 Å². The maximum absolute atomic E-state index is 6.57. The minimum absolute atomic E-state index is 0.123. The first kappa shape index (κ1) is 14.6. The average molecular weight is 299 g/mol. The number of fused-ring (bicyclic) bond motifs is 3. The molecule has 2 heterocycles. The zero-order chi connectivity index (χ0) is 14.8. The number of hydrogen-bond acceptors (Lipinski definition) is 2. The van der Waals surface area contributed by atoms with Gasteiger partial charge in [0.25, 0.3) is 0 Å². The number of likely N-dealkylation sites (tertiary alicyclic amines) is 1. The number of benzene rings is 1. The molecule has 2 atom stereocenters. The molecule has 3 aliphatic rings. The summed E-state index contributed by atoms with van der Waals surface area (Å²) in [4.78, 5) is 2.67. The predicted octanol–water partition coefficient (Wildman–Crippen LogP) is 4.74. The first-order chi connectivity index (χ1) is 10.9. The summed E-state index contributed by atoms with van der Waals surface area (Å²) in [6.45, 7) is 3.91. The first-order valence-electron chi connectivity index (χ1n) is 9.38. The molecule has 0 bridgehead atoms. The van der Waals surface area contributed by atoms with Crippen LogP contribution in [-0.4, -0.2) is 30.1 Å².